The van der Waals surface area contributed by atoms with Crippen molar-refractivity contribution in [2.45, 2.75) is 53.1 Å². The lowest BCUT2D eigenvalue weighted by molar-refractivity contribution is -0.0877. The summed E-state index contributed by atoms with van der Waals surface area (Å²) in [4.78, 5) is 0. The van der Waals surface area contributed by atoms with Gasteiger partial charge in [0.2, 0.25) is 0 Å². The first-order valence-corrected chi connectivity index (χ1v) is 8.43. The SMILES string of the molecule is CCCCC#C/C(=C(\C)P(=O)(OCC)OCC)C(F)(F)F. The number of halogens is 3. The van der Waals surface area contributed by atoms with Crippen LogP contribution in [-0.4, -0.2) is 19.4 Å². The Hall–Kier alpha value is -0.760. The second-order valence-corrected chi connectivity index (χ2v) is 6.38. The van der Waals surface area contributed by atoms with Crippen LogP contribution in [-0.2, 0) is 13.6 Å². The highest BCUT2D eigenvalue weighted by Gasteiger charge is 2.40. The normalized spacial score (nSPS) is 13.5. The van der Waals surface area contributed by atoms with Crippen molar-refractivity contribution < 1.29 is 26.8 Å². The molecule has 0 N–H and O–H groups in total. The lowest BCUT2D eigenvalue weighted by atomic mass is 10.2. The fourth-order valence-corrected chi connectivity index (χ4v) is 3.09. The molecule has 122 valence electrons. The summed E-state index contributed by atoms with van der Waals surface area (Å²) < 4.78 is 61.6. The highest BCUT2D eigenvalue weighted by atomic mass is 31.2. The van der Waals surface area contributed by atoms with Gasteiger partial charge in [0.25, 0.3) is 0 Å². The van der Waals surface area contributed by atoms with Crippen LogP contribution in [0.15, 0.2) is 10.9 Å². The van der Waals surface area contributed by atoms with E-state index in [1.54, 1.807) is 13.8 Å². The molecule has 0 fully saturated rings. The maximum absolute atomic E-state index is 13.1. The summed E-state index contributed by atoms with van der Waals surface area (Å²) in [6.45, 7) is 6.08. The third kappa shape index (κ3) is 6.69. The minimum Gasteiger partial charge on any atom is -0.306 e. The Kier molecular flexibility index (Phi) is 8.96. The van der Waals surface area contributed by atoms with E-state index in [0.29, 0.717) is 12.8 Å². The summed E-state index contributed by atoms with van der Waals surface area (Å²) in [5, 5.41) is -0.484. The van der Waals surface area contributed by atoms with Crippen LogP contribution in [0, 0.1) is 11.8 Å². The minimum atomic E-state index is -4.69. The number of unbranched alkanes of at least 4 members (excludes halogenated alkanes) is 2. The number of allylic oxidation sites excluding steroid dienone is 2. The molecular weight excluding hydrogens is 304 g/mol. The standard InChI is InChI=1S/C14H22F3O3P/c1-5-8-9-10-11-13(14(15,16)17)12(4)21(18,19-6-2)20-7-3/h5-9H2,1-4H3/b13-12-. The number of rotatable bonds is 7. The van der Waals surface area contributed by atoms with Gasteiger partial charge in [-0.1, -0.05) is 25.2 Å². The van der Waals surface area contributed by atoms with Crippen LogP contribution < -0.4 is 0 Å². The van der Waals surface area contributed by atoms with Crippen molar-refractivity contribution >= 4 is 7.60 Å². The van der Waals surface area contributed by atoms with Crippen molar-refractivity contribution in [3.63, 3.8) is 0 Å². The van der Waals surface area contributed by atoms with E-state index in [1.165, 1.54) is 0 Å². The molecule has 0 unspecified atom stereocenters. The second-order valence-electron chi connectivity index (χ2n) is 4.20. The van der Waals surface area contributed by atoms with E-state index in [0.717, 1.165) is 13.3 Å². The van der Waals surface area contributed by atoms with Gasteiger partial charge in [0.15, 0.2) is 0 Å². The molecule has 0 atom stereocenters. The van der Waals surface area contributed by atoms with E-state index in [1.807, 2.05) is 6.92 Å². The molecule has 0 aromatic carbocycles. The predicted molar refractivity (Wildman–Crippen MR) is 76.9 cm³/mol. The van der Waals surface area contributed by atoms with Crippen molar-refractivity contribution in [2.75, 3.05) is 13.2 Å². The molecule has 0 aliphatic rings. The Labute approximate surface area is 124 Å². The largest absolute Gasteiger partial charge is 0.424 e. The molecule has 0 aromatic rings. The van der Waals surface area contributed by atoms with Crippen LogP contribution >= 0.6 is 7.60 Å². The smallest absolute Gasteiger partial charge is 0.306 e. The minimum absolute atomic E-state index is 0.0109. The lowest BCUT2D eigenvalue weighted by Gasteiger charge is -2.20. The summed E-state index contributed by atoms with van der Waals surface area (Å²) in [6, 6.07) is 0. The third-order valence-electron chi connectivity index (χ3n) is 2.52. The Morgan fingerprint density at radius 3 is 2.05 bits per heavy atom. The van der Waals surface area contributed by atoms with Gasteiger partial charge >= 0.3 is 13.8 Å². The molecule has 0 aliphatic carbocycles. The van der Waals surface area contributed by atoms with Gasteiger partial charge in [0.1, 0.15) is 5.57 Å². The van der Waals surface area contributed by atoms with Gasteiger partial charge in [-0.05, 0) is 27.2 Å². The maximum atomic E-state index is 13.1. The molecule has 0 aliphatic heterocycles. The van der Waals surface area contributed by atoms with Crippen molar-refractivity contribution in [2.24, 2.45) is 0 Å². The van der Waals surface area contributed by atoms with Crippen molar-refractivity contribution in [3.8, 4) is 11.8 Å². The Bertz CT molecular complexity index is 448. The van der Waals surface area contributed by atoms with Gasteiger partial charge in [-0.15, -0.1) is 0 Å². The average molecular weight is 326 g/mol. The monoisotopic (exact) mass is 326 g/mol. The molecule has 0 heterocycles. The van der Waals surface area contributed by atoms with Gasteiger partial charge in [0.05, 0.1) is 18.5 Å². The van der Waals surface area contributed by atoms with Crippen LogP contribution in [0.25, 0.3) is 0 Å². The fourth-order valence-electron chi connectivity index (χ4n) is 1.49. The van der Waals surface area contributed by atoms with Gasteiger partial charge in [-0.3, -0.25) is 4.57 Å². The number of alkyl halides is 3. The molecule has 0 radical (unpaired) electrons. The Balaban J connectivity index is 5.70. The quantitative estimate of drug-likeness (QED) is 0.363. The zero-order valence-electron chi connectivity index (χ0n) is 12.8. The molecular formula is C14H22F3O3P. The topological polar surface area (TPSA) is 35.5 Å². The molecule has 0 spiro atoms. The van der Waals surface area contributed by atoms with Crippen LogP contribution in [0.2, 0.25) is 0 Å². The summed E-state index contributed by atoms with van der Waals surface area (Å²) in [5.74, 6) is 4.56. The van der Waals surface area contributed by atoms with E-state index < -0.39 is 24.7 Å². The van der Waals surface area contributed by atoms with Crippen molar-refractivity contribution in [1.29, 1.82) is 0 Å². The summed E-state index contributed by atoms with van der Waals surface area (Å²) in [6.07, 6.45) is -2.77. The van der Waals surface area contributed by atoms with Crippen LogP contribution in [0.1, 0.15) is 47.0 Å². The summed E-state index contributed by atoms with van der Waals surface area (Å²) >= 11 is 0. The van der Waals surface area contributed by atoms with Gasteiger partial charge < -0.3 is 9.05 Å². The van der Waals surface area contributed by atoms with E-state index >= 15 is 0 Å². The number of hydrogen-bond donors (Lipinski definition) is 0. The predicted octanol–water partition coefficient (Wildman–Crippen LogP) is 5.28. The van der Waals surface area contributed by atoms with Gasteiger partial charge in [0, 0.05) is 6.42 Å². The number of hydrogen-bond acceptors (Lipinski definition) is 3. The molecule has 0 saturated heterocycles. The molecule has 21 heavy (non-hydrogen) atoms. The van der Waals surface area contributed by atoms with Crippen LogP contribution in [0.3, 0.4) is 0 Å². The first-order valence-electron chi connectivity index (χ1n) is 6.89. The highest BCUT2D eigenvalue weighted by Crippen LogP contribution is 2.58. The maximum Gasteiger partial charge on any atom is 0.424 e. The molecule has 0 aromatic heterocycles. The highest BCUT2D eigenvalue weighted by molar-refractivity contribution is 7.58. The molecule has 3 nitrogen and oxygen atoms in total. The zero-order valence-corrected chi connectivity index (χ0v) is 13.7. The van der Waals surface area contributed by atoms with Crippen LogP contribution in [0.5, 0.6) is 0 Å². The first kappa shape index (κ1) is 20.2. The van der Waals surface area contributed by atoms with E-state index in [4.69, 9.17) is 9.05 Å². The third-order valence-corrected chi connectivity index (χ3v) is 4.76. The van der Waals surface area contributed by atoms with Crippen molar-refractivity contribution in [3.05, 3.63) is 10.9 Å². The average Bonchev–Trinajstić information content (AvgIpc) is 2.37. The molecule has 0 saturated carbocycles. The summed E-state index contributed by atoms with van der Waals surface area (Å²) in [5.41, 5.74) is -1.14. The molecule has 0 bridgehead atoms. The van der Waals surface area contributed by atoms with Crippen molar-refractivity contribution in [1.82, 2.24) is 0 Å². The lowest BCUT2D eigenvalue weighted by Crippen LogP contribution is -2.14. The second kappa shape index (κ2) is 9.30. The zero-order chi connectivity index (χ0) is 16.5. The molecule has 0 rings (SSSR count). The Morgan fingerprint density at radius 2 is 1.67 bits per heavy atom. The van der Waals surface area contributed by atoms with E-state index in [9.17, 15) is 17.7 Å². The van der Waals surface area contributed by atoms with Gasteiger partial charge in [-0.25, -0.2) is 0 Å². The Morgan fingerprint density at radius 1 is 1.14 bits per heavy atom. The van der Waals surface area contributed by atoms with Crippen LogP contribution in [0.4, 0.5) is 13.2 Å². The van der Waals surface area contributed by atoms with E-state index in [-0.39, 0.29) is 13.2 Å². The first-order chi connectivity index (χ1) is 9.72. The fraction of sp³-hybridized carbons (Fsp3) is 0.714. The molecule has 0 amide bonds. The summed E-state index contributed by atoms with van der Waals surface area (Å²) in [7, 11) is -3.96. The van der Waals surface area contributed by atoms with Gasteiger partial charge in [-0.2, -0.15) is 13.2 Å². The van der Waals surface area contributed by atoms with E-state index in [2.05, 4.69) is 11.8 Å². The molecule has 7 heteroatoms.